The molecule has 0 spiro atoms. The van der Waals surface area contributed by atoms with Crippen molar-refractivity contribution in [2.75, 3.05) is 5.73 Å². The minimum absolute atomic E-state index is 0.0646. The molecular weight excluding hydrogens is 248 g/mol. The molecular formula is C12H12N4O3. The van der Waals surface area contributed by atoms with Gasteiger partial charge in [0.2, 0.25) is 5.95 Å². The topological polar surface area (TPSA) is 104 Å². The zero-order valence-electron chi connectivity index (χ0n) is 10.5. The van der Waals surface area contributed by atoms with E-state index in [1.807, 2.05) is 19.1 Å². The molecule has 98 valence electrons. The first-order valence-electron chi connectivity index (χ1n) is 5.50. The van der Waals surface area contributed by atoms with E-state index >= 15 is 0 Å². The molecule has 0 amide bonds. The Bertz CT molecular complexity index is 626. The first-order valence-corrected chi connectivity index (χ1v) is 5.50. The zero-order chi connectivity index (χ0) is 14.0. The van der Waals surface area contributed by atoms with Crippen molar-refractivity contribution in [2.45, 2.75) is 13.8 Å². The lowest BCUT2D eigenvalue weighted by molar-refractivity contribution is -0.386. The van der Waals surface area contributed by atoms with E-state index in [1.54, 1.807) is 12.1 Å². The van der Waals surface area contributed by atoms with Gasteiger partial charge in [-0.2, -0.15) is 4.98 Å². The lowest BCUT2D eigenvalue weighted by atomic mass is 10.2. The van der Waals surface area contributed by atoms with Crippen molar-refractivity contribution in [1.29, 1.82) is 0 Å². The highest BCUT2D eigenvalue weighted by atomic mass is 16.6. The molecule has 0 aliphatic heterocycles. The monoisotopic (exact) mass is 260 g/mol. The van der Waals surface area contributed by atoms with Crippen molar-refractivity contribution >= 4 is 11.6 Å². The summed E-state index contributed by atoms with van der Waals surface area (Å²) in [7, 11) is 0. The fourth-order valence-corrected chi connectivity index (χ4v) is 1.56. The fourth-order valence-electron chi connectivity index (χ4n) is 1.56. The Hall–Kier alpha value is -2.70. The third-order valence-corrected chi connectivity index (χ3v) is 2.46. The summed E-state index contributed by atoms with van der Waals surface area (Å²) >= 11 is 0. The summed E-state index contributed by atoms with van der Waals surface area (Å²) in [5.41, 5.74) is 6.42. The predicted molar refractivity (Wildman–Crippen MR) is 69.1 cm³/mol. The Kier molecular flexibility index (Phi) is 3.28. The van der Waals surface area contributed by atoms with Crippen LogP contribution >= 0.6 is 0 Å². The van der Waals surface area contributed by atoms with Crippen LogP contribution in [0.25, 0.3) is 0 Å². The Morgan fingerprint density at radius 1 is 1.21 bits per heavy atom. The van der Waals surface area contributed by atoms with Crippen LogP contribution in [0, 0.1) is 24.0 Å². The maximum atomic E-state index is 11.0. The molecule has 0 saturated heterocycles. The molecule has 0 unspecified atom stereocenters. The summed E-state index contributed by atoms with van der Waals surface area (Å²) in [4.78, 5) is 17.9. The Balaban J connectivity index is 2.44. The van der Waals surface area contributed by atoms with E-state index in [0.29, 0.717) is 5.75 Å². The standard InChI is InChI=1S/C12H12N4O3/c1-7-3-5-9(6-4-7)19-11-10(16(17)18)8(2)14-12(13)15-11/h3-6H,1-2H3,(H2,13,14,15). The fraction of sp³-hybridized carbons (Fsp3) is 0.167. The highest BCUT2D eigenvalue weighted by Gasteiger charge is 2.23. The highest BCUT2D eigenvalue weighted by Crippen LogP contribution is 2.31. The normalized spacial score (nSPS) is 10.2. The van der Waals surface area contributed by atoms with Crippen molar-refractivity contribution in [3.8, 4) is 11.6 Å². The third kappa shape index (κ3) is 2.76. The SMILES string of the molecule is Cc1ccc(Oc2nc(N)nc(C)c2[N+](=O)[O-])cc1. The highest BCUT2D eigenvalue weighted by molar-refractivity contribution is 5.49. The zero-order valence-corrected chi connectivity index (χ0v) is 10.5. The van der Waals surface area contributed by atoms with E-state index in [-0.39, 0.29) is 23.2 Å². The largest absolute Gasteiger partial charge is 0.434 e. The van der Waals surface area contributed by atoms with Crippen molar-refractivity contribution in [3.05, 3.63) is 45.6 Å². The van der Waals surface area contributed by atoms with Crippen molar-refractivity contribution < 1.29 is 9.66 Å². The molecule has 0 bridgehead atoms. The number of benzene rings is 1. The van der Waals surface area contributed by atoms with E-state index in [2.05, 4.69) is 9.97 Å². The van der Waals surface area contributed by atoms with Gasteiger partial charge in [-0.25, -0.2) is 4.98 Å². The maximum Gasteiger partial charge on any atom is 0.352 e. The number of ether oxygens (including phenoxy) is 1. The van der Waals surface area contributed by atoms with Gasteiger partial charge in [0.1, 0.15) is 11.4 Å². The van der Waals surface area contributed by atoms with Crippen molar-refractivity contribution in [3.63, 3.8) is 0 Å². The number of aromatic nitrogens is 2. The number of nitro groups is 1. The minimum Gasteiger partial charge on any atom is -0.434 e. The molecule has 2 rings (SSSR count). The van der Waals surface area contributed by atoms with Gasteiger partial charge in [0.15, 0.2) is 0 Å². The average molecular weight is 260 g/mol. The number of hydrogen-bond acceptors (Lipinski definition) is 6. The Morgan fingerprint density at radius 2 is 1.84 bits per heavy atom. The van der Waals surface area contributed by atoms with E-state index in [4.69, 9.17) is 10.5 Å². The molecule has 0 saturated carbocycles. The van der Waals surface area contributed by atoms with Gasteiger partial charge in [0.25, 0.3) is 0 Å². The predicted octanol–water partition coefficient (Wildman–Crippen LogP) is 2.38. The molecule has 0 fully saturated rings. The van der Waals surface area contributed by atoms with Crippen LogP contribution in [0.4, 0.5) is 11.6 Å². The average Bonchev–Trinajstić information content (AvgIpc) is 2.30. The van der Waals surface area contributed by atoms with Crippen LogP contribution in [0.2, 0.25) is 0 Å². The van der Waals surface area contributed by atoms with Gasteiger partial charge in [-0.3, -0.25) is 10.1 Å². The molecule has 2 N–H and O–H groups in total. The molecule has 19 heavy (non-hydrogen) atoms. The van der Waals surface area contributed by atoms with Crippen LogP contribution in [0.5, 0.6) is 11.6 Å². The summed E-state index contributed by atoms with van der Waals surface area (Å²) in [5, 5.41) is 11.0. The van der Waals surface area contributed by atoms with Gasteiger partial charge in [-0.05, 0) is 26.0 Å². The summed E-state index contributed by atoms with van der Waals surface area (Å²) in [6.07, 6.45) is 0. The van der Waals surface area contributed by atoms with Crippen LogP contribution in [0.1, 0.15) is 11.3 Å². The molecule has 1 aromatic carbocycles. The summed E-state index contributed by atoms with van der Waals surface area (Å²) < 4.78 is 5.41. The summed E-state index contributed by atoms with van der Waals surface area (Å²) in [6.45, 7) is 3.41. The first-order chi connectivity index (χ1) is 8.97. The number of nitrogens with zero attached hydrogens (tertiary/aromatic N) is 3. The van der Waals surface area contributed by atoms with Gasteiger partial charge >= 0.3 is 11.6 Å². The molecule has 0 aliphatic carbocycles. The molecule has 0 atom stereocenters. The number of rotatable bonds is 3. The number of hydrogen-bond donors (Lipinski definition) is 1. The Labute approximate surface area is 109 Å². The second kappa shape index (κ2) is 4.89. The molecule has 0 radical (unpaired) electrons. The first kappa shape index (κ1) is 12.7. The van der Waals surface area contributed by atoms with E-state index in [9.17, 15) is 10.1 Å². The van der Waals surface area contributed by atoms with Crippen LogP contribution in [0.3, 0.4) is 0 Å². The molecule has 7 heteroatoms. The molecule has 1 aromatic heterocycles. The van der Waals surface area contributed by atoms with Gasteiger partial charge in [-0.15, -0.1) is 0 Å². The number of nitrogens with two attached hydrogens (primary N) is 1. The van der Waals surface area contributed by atoms with Gasteiger partial charge in [0, 0.05) is 0 Å². The molecule has 0 aliphatic rings. The third-order valence-electron chi connectivity index (χ3n) is 2.46. The van der Waals surface area contributed by atoms with Gasteiger partial charge in [-0.1, -0.05) is 17.7 Å². The summed E-state index contributed by atoms with van der Waals surface area (Å²) in [5.74, 6) is 0.232. The molecule has 7 nitrogen and oxygen atoms in total. The smallest absolute Gasteiger partial charge is 0.352 e. The number of aryl methyl sites for hydroxylation is 2. The molecule has 1 heterocycles. The van der Waals surface area contributed by atoms with Gasteiger partial charge in [0.05, 0.1) is 4.92 Å². The Morgan fingerprint density at radius 3 is 2.42 bits per heavy atom. The van der Waals surface area contributed by atoms with Crippen LogP contribution in [-0.4, -0.2) is 14.9 Å². The molecule has 2 aromatic rings. The van der Waals surface area contributed by atoms with Crippen LogP contribution in [-0.2, 0) is 0 Å². The van der Waals surface area contributed by atoms with Crippen molar-refractivity contribution in [2.24, 2.45) is 0 Å². The van der Waals surface area contributed by atoms with E-state index in [0.717, 1.165) is 5.56 Å². The van der Waals surface area contributed by atoms with E-state index < -0.39 is 4.92 Å². The number of nitrogen functional groups attached to an aromatic ring is 1. The van der Waals surface area contributed by atoms with Crippen LogP contribution < -0.4 is 10.5 Å². The summed E-state index contributed by atoms with van der Waals surface area (Å²) in [6, 6.07) is 7.07. The number of anilines is 1. The van der Waals surface area contributed by atoms with Gasteiger partial charge < -0.3 is 10.5 Å². The van der Waals surface area contributed by atoms with E-state index in [1.165, 1.54) is 6.92 Å². The second-order valence-corrected chi connectivity index (χ2v) is 3.99. The quantitative estimate of drug-likeness (QED) is 0.671. The lowest BCUT2D eigenvalue weighted by Crippen LogP contribution is -2.04. The lowest BCUT2D eigenvalue weighted by Gasteiger charge is -2.07. The van der Waals surface area contributed by atoms with Crippen molar-refractivity contribution in [1.82, 2.24) is 9.97 Å². The van der Waals surface area contributed by atoms with Crippen LogP contribution in [0.15, 0.2) is 24.3 Å². The maximum absolute atomic E-state index is 11.0. The second-order valence-electron chi connectivity index (χ2n) is 3.99. The minimum atomic E-state index is -0.585.